The fraction of sp³-hybridized carbons (Fsp3) is 0.400. The summed E-state index contributed by atoms with van der Waals surface area (Å²) in [4.78, 5) is 7.02. The van der Waals surface area contributed by atoms with Crippen LogP contribution in [-0.4, -0.2) is 9.97 Å². The minimum Gasteiger partial charge on any atom is -0.345 e. The lowest BCUT2D eigenvalue weighted by atomic mass is 10.6. The summed E-state index contributed by atoms with van der Waals surface area (Å²) in [7, 11) is 0. The quantitative estimate of drug-likeness (QED) is 0.546. The normalized spacial score (nSPS) is 9.75. The van der Waals surface area contributed by atoms with E-state index in [2.05, 4.69) is 22.6 Å². The minimum absolute atomic E-state index is 0.737. The van der Waals surface area contributed by atoms with Gasteiger partial charge < -0.3 is 4.98 Å². The summed E-state index contributed by atoms with van der Waals surface area (Å²) in [6.45, 7) is 1.92. The van der Waals surface area contributed by atoms with Gasteiger partial charge in [0.25, 0.3) is 0 Å². The number of hydrogen-bond donors (Lipinski definition) is 2. The van der Waals surface area contributed by atoms with E-state index in [1.165, 1.54) is 0 Å². The number of aryl methyl sites for hydroxylation is 1. The molecule has 1 heterocycles. The predicted octanol–water partition coefficient (Wildman–Crippen LogP) is 1.15. The molecule has 1 rings (SSSR count). The van der Waals surface area contributed by atoms with Crippen LogP contribution in [0, 0.1) is 6.92 Å². The van der Waals surface area contributed by atoms with E-state index < -0.39 is 0 Å². The van der Waals surface area contributed by atoms with Gasteiger partial charge in [0.05, 0.1) is 0 Å². The third-order valence-corrected chi connectivity index (χ3v) is 1.27. The first-order valence-corrected chi connectivity index (χ1v) is 3.07. The van der Waals surface area contributed by atoms with Gasteiger partial charge in [0, 0.05) is 17.6 Å². The summed E-state index contributed by atoms with van der Waals surface area (Å²) < 4.78 is 0. The molecule has 0 aliphatic rings. The molecule has 0 bridgehead atoms. The lowest BCUT2D eigenvalue weighted by Crippen LogP contribution is -1.75. The van der Waals surface area contributed by atoms with Crippen molar-refractivity contribution in [2.45, 2.75) is 12.7 Å². The third-order valence-electron chi connectivity index (χ3n) is 0.926. The van der Waals surface area contributed by atoms with Crippen LogP contribution in [0.4, 0.5) is 0 Å². The Labute approximate surface area is 53.7 Å². The minimum atomic E-state index is 0.737. The van der Waals surface area contributed by atoms with Crippen molar-refractivity contribution in [3.05, 3.63) is 17.7 Å². The highest BCUT2D eigenvalue weighted by Gasteiger charge is 1.89. The molecule has 0 aliphatic heterocycles. The summed E-state index contributed by atoms with van der Waals surface area (Å²) in [6, 6.07) is 0. The molecule has 0 fully saturated rings. The standard InChI is InChI=1S/C5H8N2S/c1-4-6-2-5(3-8)7-4/h2,8H,3H2,1H3,(H,6,7). The third kappa shape index (κ3) is 1.04. The van der Waals surface area contributed by atoms with Gasteiger partial charge in [-0.15, -0.1) is 0 Å². The molecule has 0 amide bonds. The summed E-state index contributed by atoms with van der Waals surface area (Å²) >= 11 is 4.05. The highest BCUT2D eigenvalue weighted by atomic mass is 32.1. The highest BCUT2D eigenvalue weighted by molar-refractivity contribution is 7.79. The van der Waals surface area contributed by atoms with Crippen LogP contribution < -0.4 is 0 Å². The van der Waals surface area contributed by atoms with Crippen molar-refractivity contribution >= 4 is 12.6 Å². The van der Waals surface area contributed by atoms with Crippen LogP contribution in [0.2, 0.25) is 0 Å². The van der Waals surface area contributed by atoms with Gasteiger partial charge in [-0.3, -0.25) is 0 Å². The van der Waals surface area contributed by atoms with Crippen LogP contribution in [0.3, 0.4) is 0 Å². The van der Waals surface area contributed by atoms with E-state index in [1.54, 1.807) is 6.20 Å². The van der Waals surface area contributed by atoms with Crippen LogP contribution >= 0.6 is 12.6 Å². The predicted molar refractivity (Wildman–Crippen MR) is 36.0 cm³/mol. The Hall–Kier alpha value is -0.440. The average molecular weight is 128 g/mol. The van der Waals surface area contributed by atoms with E-state index >= 15 is 0 Å². The van der Waals surface area contributed by atoms with Crippen LogP contribution in [0.15, 0.2) is 6.20 Å². The molecule has 2 nitrogen and oxygen atoms in total. The summed E-state index contributed by atoms with van der Waals surface area (Å²) in [6.07, 6.45) is 1.79. The van der Waals surface area contributed by atoms with E-state index in [4.69, 9.17) is 0 Å². The fourth-order valence-corrected chi connectivity index (χ4v) is 0.713. The van der Waals surface area contributed by atoms with Crippen molar-refractivity contribution in [2.75, 3.05) is 0 Å². The van der Waals surface area contributed by atoms with Gasteiger partial charge in [-0.1, -0.05) is 0 Å². The molecule has 1 aromatic heterocycles. The fourth-order valence-electron chi connectivity index (χ4n) is 0.552. The highest BCUT2D eigenvalue weighted by Crippen LogP contribution is 1.97. The molecule has 0 saturated carbocycles. The molecule has 44 valence electrons. The maximum atomic E-state index is 4.05. The number of aromatic nitrogens is 2. The van der Waals surface area contributed by atoms with Gasteiger partial charge in [0.2, 0.25) is 0 Å². The molecular weight excluding hydrogens is 120 g/mol. The van der Waals surface area contributed by atoms with Gasteiger partial charge in [0.15, 0.2) is 0 Å². The molecule has 3 heteroatoms. The number of hydrogen-bond acceptors (Lipinski definition) is 2. The number of imidazole rings is 1. The van der Waals surface area contributed by atoms with Gasteiger partial charge in [-0.05, 0) is 6.92 Å². The van der Waals surface area contributed by atoms with E-state index in [9.17, 15) is 0 Å². The average Bonchev–Trinajstić information content (AvgIpc) is 2.14. The maximum Gasteiger partial charge on any atom is 0.103 e. The van der Waals surface area contributed by atoms with E-state index in [0.29, 0.717) is 0 Å². The molecule has 0 saturated heterocycles. The second-order valence-corrected chi connectivity index (χ2v) is 1.97. The first-order chi connectivity index (χ1) is 3.83. The first-order valence-electron chi connectivity index (χ1n) is 2.44. The molecule has 1 N–H and O–H groups in total. The van der Waals surface area contributed by atoms with Gasteiger partial charge in [0.1, 0.15) is 5.82 Å². The van der Waals surface area contributed by atoms with Crippen molar-refractivity contribution in [1.29, 1.82) is 0 Å². The molecule has 0 aliphatic carbocycles. The smallest absolute Gasteiger partial charge is 0.103 e. The Morgan fingerprint density at radius 2 is 2.62 bits per heavy atom. The maximum absolute atomic E-state index is 4.05. The monoisotopic (exact) mass is 128 g/mol. The zero-order valence-electron chi connectivity index (χ0n) is 4.68. The van der Waals surface area contributed by atoms with Gasteiger partial charge >= 0.3 is 0 Å². The van der Waals surface area contributed by atoms with Crippen molar-refractivity contribution in [2.24, 2.45) is 0 Å². The summed E-state index contributed by atoms with van der Waals surface area (Å²) in [5.74, 6) is 1.69. The number of H-pyrrole nitrogens is 1. The van der Waals surface area contributed by atoms with Crippen molar-refractivity contribution < 1.29 is 0 Å². The first kappa shape index (κ1) is 5.69. The van der Waals surface area contributed by atoms with Crippen LogP contribution in [-0.2, 0) is 5.75 Å². The molecule has 8 heavy (non-hydrogen) atoms. The second-order valence-electron chi connectivity index (χ2n) is 1.65. The summed E-state index contributed by atoms with van der Waals surface area (Å²) in [5, 5.41) is 0. The Balaban J connectivity index is 2.84. The number of aromatic amines is 1. The molecule has 0 aromatic carbocycles. The molecule has 0 radical (unpaired) electrons. The Bertz CT molecular complexity index is 171. The van der Waals surface area contributed by atoms with Crippen LogP contribution in [0.25, 0.3) is 0 Å². The SMILES string of the molecule is Cc1ncc(CS)[nH]1. The van der Waals surface area contributed by atoms with Crippen molar-refractivity contribution in [1.82, 2.24) is 9.97 Å². The molecule has 1 aromatic rings. The topological polar surface area (TPSA) is 28.7 Å². The number of thiol groups is 1. The Kier molecular flexibility index (Phi) is 1.58. The Morgan fingerprint density at radius 1 is 1.88 bits per heavy atom. The van der Waals surface area contributed by atoms with Gasteiger partial charge in [-0.2, -0.15) is 12.6 Å². The van der Waals surface area contributed by atoms with E-state index in [-0.39, 0.29) is 0 Å². The molecule has 0 spiro atoms. The number of nitrogens with one attached hydrogen (secondary N) is 1. The second kappa shape index (κ2) is 2.22. The van der Waals surface area contributed by atoms with Crippen molar-refractivity contribution in [3.63, 3.8) is 0 Å². The van der Waals surface area contributed by atoms with E-state index in [0.717, 1.165) is 17.3 Å². The zero-order chi connectivity index (χ0) is 5.98. The zero-order valence-corrected chi connectivity index (χ0v) is 5.57. The molecule has 0 unspecified atom stereocenters. The number of rotatable bonds is 1. The van der Waals surface area contributed by atoms with E-state index in [1.807, 2.05) is 6.92 Å². The number of nitrogens with zero attached hydrogens (tertiary/aromatic N) is 1. The largest absolute Gasteiger partial charge is 0.345 e. The van der Waals surface area contributed by atoms with Crippen LogP contribution in [0.5, 0.6) is 0 Å². The van der Waals surface area contributed by atoms with Gasteiger partial charge in [-0.25, -0.2) is 4.98 Å². The van der Waals surface area contributed by atoms with Crippen molar-refractivity contribution in [3.8, 4) is 0 Å². The Morgan fingerprint density at radius 3 is 2.88 bits per heavy atom. The lowest BCUT2D eigenvalue weighted by molar-refractivity contribution is 1.12. The molecule has 0 atom stereocenters. The lowest BCUT2D eigenvalue weighted by Gasteiger charge is -1.81. The molecular formula is C5H8N2S. The summed E-state index contributed by atoms with van der Waals surface area (Å²) in [5.41, 5.74) is 1.07. The van der Waals surface area contributed by atoms with Crippen LogP contribution in [0.1, 0.15) is 11.5 Å².